The second-order valence-corrected chi connectivity index (χ2v) is 4.35. The molecule has 0 spiro atoms. The number of carbonyl (C=O) groups is 2. The molecule has 2 atom stereocenters. The molecular weight excluding hydrogens is 178 g/mol. The second kappa shape index (κ2) is 3.71. The summed E-state index contributed by atoms with van der Waals surface area (Å²) in [7, 11) is 0. The number of rotatable bonds is 1. The zero-order valence-electron chi connectivity index (χ0n) is 8.66. The van der Waals surface area contributed by atoms with E-state index in [1.165, 1.54) is 11.3 Å². The topological polar surface area (TPSA) is 37.4 Å². The van der Waals surface area contributed by atoms with Crippen molar-refractivity contribution in [2.24, 2.45) is 11.8 Å². The first-order valence-electron chi connectivity index (χ1n) is 5.58. The maximum Gasteiger partial charge on any atom is 0.232 e. The number of hydrogen-bond acceptors (Lipinski definition) is 2. The maximum atomic E-state index is 11.8. The molecule has 1 saturated carbocycles. The van der Waals surface area contributed by atoms with Crippen LogP contribution in [-0.4, -0.2) is 23.3 Å². The minimum Gasteiger partial charge on any atom is -0.282 e. The molecule has 0 aromatic carbocycles. The van der Waals surface area contributed by atoms with E-state index >= 15 is 0 Å². The largest absolute Gasteiger partial charge is 0.282 e. The van der Waals surface area contributed by atoms with Gasteiger partial charge in [0, 0.05) is 18.9 Å². The highest BCUT2D eigenvalue weighted by Gasteiger charge is 2.43. The highest BCUT2D eigenvalue weighted by atomic mass is 16.2. The summed E-state index contributed by atoms with van der Waals surface area (Å²) < 4.78 is 0. The fourth-order valence-corrected chi connectivity index (χ4v) is 2.69. The monoisotopic (exact) mass is 195 g/mol. The molecule has 2 rings (SSSR count). The fourth-order valence-electron chi connectivity index (χ4n) is 2.69. The van der Waals surface area contributed by atoms with Crippen LogP contribution in [0.1, 0.15) is 39.0 Å². The van der Waals surface area contributed by atoms with Gasteiger partial charge >= 0.3 is 0 Å². The lowest BCUT2D eigenvalue weighted by Gasteiger charge is -2.21. The van der Waals surface area contributed by atoms with Crippen LogP contribution in [0.4, 0.5) is 0 Å². The molecule has 0 aromatic heterocycles. The summed E-state index contributed by atoms with van der Waals surface area (Å²) >= 11 is 0. The van der Waals surface area contributed by atoms with Crippen LogP contribution in [0.25, 0.3) is 0 Å². The molecule has 0 bridgehead atoms. The third kappa shape index (κ3) is 1.45. The van der Waals surface area contributed by atoms with Gasteiger partial charge in [-0.15, -0.1) is 0 Å². The number of nitrogens with zero attached hydrogens (tertiary/aromatic N) is 1. The molecule has 1 saturated heterocycles. The molecule has 3 nitrogen and oxygen atoms in total. The van der Waals surface area contributed by atoms with Gasteiger partial charge in [-0.1, -0.05) is 19.8 Å². The normalized spacial score (nSPS) is 31.8. The lowest BCUT2D eigenvalue weighted by Crippen LogP contribution is -2.33. The third-order valence-electron chi connectivity index (χ3n) is 3.51. The summed E-state index contributed by atoms with van der Waals surface area (Å²) in [6, 6.07) is 0. The Morgan fingerprint density at radius 3 is 2.79 bits per heavy atom. The molecule has 1 aliphatic carbocycles. The van der Waals surface area contributed by atoms with Gasteiger partial charge < -0.3 is 0 Å². The molecule has 1 heterocycles. The van der Waals surface area contributed by atoms with Gasteiger partial charge in [0.25, 0.3) is 0 Å². The van der Waals surface area contributed by atoms with E-state index in [0.717, 1.165) is 19.3 Å². The van der Waals surface area contributed by atoms with E-state index in [2.05, 4.69) is 0 Å². The summed E-state index contributed by atoms with van der Waals surface area (Å²) in [5, 5.41) is 0. The first kappa shape index (κ1) is 9.69. The number of hydrogen-bond donors (Lipinski definition) is 0. The molecule has 0 aromatic rings. The highest BCUT2D eigenvalue weighted by Crippen LogP contribution is 2.37. The summed E-state index contributed by atoms with van der Waals surface area (Å²) in [4.78, 5) is 24.8. The van der Waals surface area contributed by atoms with Gasteiger partial charge in [0.1, 0.15) is 0 Å². The van der Waals surface area contributed by atoms with Crippen LogP contribution in [0, 0.1) is 11.8 Å². The minimum absolute atomic E-state index is 0.00407. The van der Waals surface area contributed by atoms with Crippen molar-refractivity contribution in [1.29, 1.82) is 0 Å². The van der Waals surface area contributed by atoms with Crippen LogP contribution < -0.4 is 0 Å². The van der Waals surface area contributed by atoms with Gasteiger partial charge in [0.2, 0.25) is 11.8 Å². The Morgan fingerprint density at radius 1 is 1.43 bits per heavy atom. The fraction of sp³-hybridized carbons (Fsp3) is 0.818. The lowest BCUT2D eigenvalue weighted by molar-refractivity contribution is -0.143. The van der Waals surface area contributed by atoms with E-state index in [-0.39, 0.29) is 17.7 Å². The quantitative estimate of drug-likeness (QED) is 0.637. The van der Waals surface area contributed by atoms with Crippen molar-refractivity contribution < 1.29 is 9.59 Å². The van der Waals surface area contributed by atoms with Gasteiger partial charge in [-0.2, -0.15) is 0 Å². The number of imide groups is 1. The minimum atomic E-state index is 0.00407. The first-order valence-corrected chi connectivity index (χ1v) is 5.58. The zero-order valence-corrected chi connectivity index (χ0v) is 8.66. The summed E-state index contributed by atoms with van der Waals surface area (Å²) in [6.07, 6.45) is 4.95. The highest BCUT2D eigenvalue weighted by molar-refractivity contribution is 5.98. The summed E-state index contributed by atoms with van der Waals surface area (Å²) in [5.74, 6) is 0.733. The molecule has 14 heavy (non-hydrogen) atoms. The van der Waals surface area contributed by atoms with Crippen LogP contribution in [0.2, 0.25) is 0 Å². The smallest absolute Gasteiger partial charge is 0.232 e. The zero-order chi connectivity index (χ0) is 10.1. The van der Waals surface area contributed by atoms with E-state index in [0.29, 0.717) is 18.9 Å². The molecule has 2 amide bonds. The van der Waals surface area contributed by atoms with E-state index in [4.69, 9.17) is 0 Å². The van der Waals surface area contributed by atoms with Crippen molar-refractivity contribution in [2.75, 3.05) is 6.54 Å². The average molecular weight is 195 g/mol. The van der Waals surface area contributed by atoms with Gasteiger partial charge in [-0.05, 0) is 18.8 Å². The molecule has 78 valence electrons. The van der Waals surface area contributed by atoms with Crippen molar-refractivity contribution in [3.63, 3.8) is 0 Å². The van der Waals surface area contributed by atoms with E-state index in [1.54, 1.807) is 0 Å². The van der Waals surface area contributed by atoms with Crippen LogP contribution in [0.5, 0.6) is 0 Å². The second-order valence-electron chi connectivity index (χ2n) is 4.35. The summed E-state index contributed by atoms with van der Waals surface area (Å²) in [5.41, 5.74) is 0. The van der Waals surface area contributed by atoms with Crippen molar-refractivity contribution in [1.82, 2.24) is 4.90 Å². The number of amides is 2. The number of likely N-dealkylation sites (tertiary alicyclic amines) is 1. The Labute approximate surface area is 84.5 Å². The Bertz CT molecular complexity index is 262. The van der Waals surface area contributed by atoms with Crippen molar-refractivity contribution in [3.8, 4) is 0 Å². The van der Waals surface area contributed by atoms with Crippen molar-refractivity contribution in [3.05, 3.63) is 0 Å². The first-order chi connectivity index (χ1) is 6.74. The number of carbonyl (C=O) groups excluding carboxylic acids is 2. The predicted molar refractivity (Wildman–Crippen MR) is 52.5 cm³/mol. The van der Waals surface area contributed by atoms with Crippen LogP contribution in [0.3, 0.4) is 0 Å². The maximum absolute atomic E-state index is 11.8. The Morgan fingerprint density at radius 2 is 2.14 bits per heavy atom. The van der Waals surface area contributed by atoms with Crippen molar-refractivity contribution >= 4 is 11.8 Å². The molecule has 3 heteroatoms. The van der Waals surface area contributed by atoms with Crippen molar-refractivity contribution in [2.45, 2.75) is 39.0 Å². The van der Waals surface area contributed by atoms with E-state index < -0.39 is 0 Å². The molecule has 2 aliphatic rings. The van der Waals surface area contributed by atoms with Gasteiger partial charge in [-0.3, -0.25) is 14.5 Å². The molecule has 0 N–H and O–H groups in total. The van der Waals surface area contributed by atoms with Crippen LogP contribution in [-0.2, 0) is 9.59 Å². The number of fused-ring (bicyclic) bond motifs is 1. The Kier molecular flexibility index (Phi) is 2.57. The van der Waals surface area contributed by atoms with Crippen LogP contribution >= 0.6 is 0 Å². The predicted octanol–water partition coefficient (Wildman–Crippen LogP) is 1.57. The lowest BCUT2D eigenvalue weighted by atomic mass is 9.81. The summed E-state index contributed by atoms with van der Waals surface area (Å²) in [6.45, 7) is 2.51. The molecule has 2 fully saturated rings. The van der Waals surface area contributed by atoms with E-state index in [1.807, 2.05) is 6.92 Å². The van der Waals surface area contributed by atoms with E-state index in [9.17, 15) is 9.59 Å². The average Bonchev–Trinajstić information content (AvgIpc) is 2.56. The standard InChI is InChI=1S/C11H17NO2/c1-2-10(13)12-7-8-5-3-4-6-9(8)11(12)14/h8-9H,2-7H2,1H3/t8-,9-/m1/s1. The molecule has 0 radical (unpaired) electrons. The van der Waals surface area contributed by atoms with Gasteiger partial charge in [0.15, 0.2) is 0 Å². The molecular formula is C11H17NO2. The van der Waals surface area contributed by atoms with Gasteiger partial charge in [0.05, 0.1) is 0 Å². The van der Waals surface area contributed by atoms with Gasteiger partial charge in [-0.25, -0.2) is 0 Å². The van der Waals surface area contributed by atoms with Crippen LogP contribution in [0.15, 0.2) is 0 Å². The SMILES string of the molecule is CCC(=O)N1C[C@H]2CCCC[C@H]2C1=O. The molecule has 0 unspecified atom stereocenters. The Balaban J connectivity index is 2.10. The molecule has 1 aliphatic heterocycles. The third-order valence-corrected chi connectivity index (χ3v) is 3.51. The Hall–Kier alpha value is -0.860.